The van der Waals surface area contributed by atoms with Gasteiger partial charge in [0.25, 0.3) is 0 Å². The molecule has 0 bridgehead atoms. The zero-order valence-electron chi connectivity index (χ0n) is 19.6. The van der Waals surface area contributed by atoms with Crippen molar-refractivity contribution in [1.82, 2.24) is 25.4 Å². The number of carbonyl (C=O) groups is 1. The number of likely N-dealkylation sites (tertiary alicyclic amines) is 1. The van der Waals surface area contributed by atoms with Crippen LogP contribution in [0, 0.1) is 12.8 Å². The molecule has 180 valence electrons. The lowest BCUT2D eigenvalue weighted by Gasteiger charge is -2.32. The third-order valence-corrected chi connectivity index (χ3v) is 7.27. The summed E-state index contributed by atoms with van der Waals surface area (Å²) in [5, 5.41) is 32.5. The first-order chi connectivity index (χ1) is 16.3. The van der Waals surface area contributed by atoms with Crippen LogP contribution in [-0.4, -0.2) is 61.1 Å². The Morgan fingerprint density at radius 1 is 1.26 bits per heavy atom. The SMILES string of the molecule is Cc1ncsc1-c1ccc(CNC(O)[C@@H]2C[C@@H](O)CN2C(=O)[C@@H](c2cccnn2)C(C)C)cc1. The van der Waals surface area contributed by atoms with Crippen LogP contribution in [0.1, 0.15) is 43.1 Å². The minimum atomic E-state index is -0.973. The monoisotopic (exact) mass is 481 g/mol. The molecule has 34 heavy (non-hydrogen) atoms. The van der Waals surface area contributed by atoms with Gasteiger partial charge < -0.3 is 15.1 Å². The second-order valence-corrected chi connectivity index (χ2v) is 9.96. The fraction of sp³-hybridized carbons (Fsp3) is 0.440. The van der Waals surface area contributed by atoms with Crippen LogP contribution in [0.2, 0.25) is 0 Å². The highest BCUT2D eigenvalue weighted by molar-refractivity contribution is 7.13. The number of hydrogen-bond donors (Lipinski definition) is 3. The maximum Gasteiger partial charge on any atom is 0.232 e. The molecule has 0 radical (unpaired) electrons. The lowest BCUT2D eigenvalue weighted by atomic mass is 9.90. The normalized spacial score (nSPS) is 20.0. The fourth-order valence-electron chi connectivity index (χ4n) is 4.52. The molecule has 1 saturated heterocycles. The van der Waals surface area contributed by atoms with E-state index in [1.807, 2.05) is 50.5 Å². The number of benzene rings is 1. The van der Waals surface area contributed by atoms with Gasteiger partial charge in [-0.25, -0.2) is 4.98 Å². The van der Waals surface area contributed by atoms with E-state index in [0.29, 0.717) is 18.7 Å². The molecule has 4 atom stereocenters. The lowest BCUT2D eigenvalue weighted by Crippen LogP contribution is -2.50. The molecule has 8 nitrogen and oxygen atoms in total. The average Bonchev–Trinajstić information content (AvgIpc) is 3.44. The van der Waals surface area contributed by atoms with Crippen molar-refractivity contribution in [2.75, 3.05) is 6.54 Å². The Bertz CT molecular complexity index is 1090. The van der Waals surface area contributed by atoms with Gasteiger partial charge in [0, 0.05) is 19.3 Å². The predicted octanol–water partition coefficient (Wildman–Crippen LogP) is 2.72. The minimum Gasteiger partial charge on any atom is -0.391 e. The van der Waals surface area contributed by atoms with Gasteiger partial charge in [-0.2, -0.15) is 10.2 Å². The lowest BCUT2D eigenvalue weighted by molar-refractivity contribution is -0.137. The van der Waals surface area contributed by atoms with Crippen molar-refractivity contribution in [2.24, 2.45) is 5.92 Å². The summed E-state index contributed by atoms with van der Waals surface area (Å²) in [6, 6.07) is 11.2. The number of aliphatic hydroxyl groups excluding tert-OH is 2. The molecule has 1 fully saturated rings. The number of amides is 1. The number of thiazole rings is 1. The number of β-amino-alcohol motifs (C(OH)–C–C–N with tert-alkyl or cyclic N) is 1. The Morgan fingerprint density at radius 2 is 2.03 bits per heavy atom. The molecule has 2 aromatic heterocycles. The molecule has 1 aromatic carbocycles. The van der Waals surface area contributed by atoms with E-state index in [9.17, 15) is 15.0 Å². The number of nitrogens with zero attached hydrogens (tertiary/aromatic N) is 4. The van der Waals surface area contributed by atoms with Gasteiger partial charge in [0.05, 0.1) is 39.8 Å². The van der Waals surface area contributed by atoms with Gasteiger partial charge in [-0.3, -0.25) is 10.1 Å². The van der Waals surface area contributed by atoms with Crippen molar-refractivity contribution in [3.8, 4) is 10.4 Å². The summed E-state index contributed by atoms with van der Waals surface area (Å²) in [5.74, 6) is -0.646. The van der Waals surface area contributed by atoms with E-state index < -0.39 is 24.3 Å². The summed E-state index contributed by atoms with van der Waals surface area (Å²) in [5.41, 5.74) is 5.58. The quantitative estimate of drug-likeness (QED) is 0.424. The molecule has 1 aliphatic heterocycles. The summed E-state index contributed by atoms with van der Waals surface area (Å²) in [6.07, 6.45) is 0.238. The third-order valence-electron chi connectivity index (χ3n) is 6.29. The first kappa shape index (κ1) is 24.4. The molecular formula is C25H31N5O3S. The van der Waals surface area contributed by atoms with Crippen LogP contribution >= 0.6 is 11.3 Å². The number of nitrogens with one attached hydrogen (secondary N) is 1. The Hall–Kier alpha value is -2.72. The second-order valence-electron chi connectivity index (χ2n) is 9.11. The summed E-state index contributed by atoms with van der Waals surface area (Å²) < 4.78 is 0. The van der Waals surface area contributed by atoms with Gasteiger partial charge in [0.2, 0.25) is 5.91 Å². The summed E-state index contributed by atoms with van der Waals surface area (Å²) >= 11 is 1.61. The number of aromatic nitrogens is 3. The number of aryl methyl sites for hydroxylation is 1. The largest absolute Gasteiger partial charge is 0.391 e. The summed E-state index contributed by atoms with van der Waals surface area (Å²) in [7, 11) is 0. The second kappa shape index (κ2) is 10.7. The third kappa shape index (κ3) is 5.33. The number of carbonyl (C=O) groups excluding carboxylic acids is 1. The van der Waals surface area contributed by atoms with Crippen LogP contribution < -0.4 is 5.32 Å². The van der Waals surface area contributed by atoms with Gasteiger partial charge in [-0.15, -0.1) is 11.3 Å². The topological polar surface area (TPSA) is 111 Å². The highest BCUT2D eigenvalue weighted by Crippen LogP contribution is 2.30. The fourth-order valence-corrected chi connectivity index (χ4v) is 5.33. The molecule has 3 heterocycles. The van der Waals surface area contributed by atoms with Gasteiger partial charge in [0.1, 0.15) is 6.23 Å². The van der Waals surface area contributed by atoms with Crippen LogP contribution in [0.25, 0.3) is 10.4 Å². The van der Waals surface area contributed by atoms with Crippen LogP contribution in [0.15, 0.2) is 48.1 Å². The number of aliphatic hydroxyl groups is 2. The smallest absolute Gasteiger partial charge is 0.232 e. The van der Waals surface area contributed by atoms with Crippen molar-refractivity contribution in [1.29, 1.82) is 0 Å². The highest BCUT2D eigenvalue weighted by atomic mass is 32.1. The summed E-state index contributed by atoms with van der Waals surface area (Å²) in [6.45, 7) is 6.55. The van der Waals surface area contributed by atoms with Crippen molar-refractivity contribution in [3.05, 3.63) is 65.1 Å². The number of hydrogen-bond acceptors (Lipinski definition) is 8. The molecule has 1 amide bonds. The first-order valence-electron chi connectivity index (χ1n) is 11.5. The van der Waals surface area contributed by atoms with Crippen molar-refractivity contribution in [2.45, 2.75) is 58.0 Å². The molecule has 3 N–H and O–H groups in total. The first-order valence-corrected chi connectivity index (χ1v) is 12.4. The number of rotatable bonds is 8. The highest BCUT2D eigenvalue weighted by Gasteiger charge is 2.42. The molecule has 9 heteroatoms. The molecule has 4 rings (SSSR count). The van der Waals surface area contributed by atoms with Gasteiger partial charge >= 0.3 is 0 Å². The van der Waals surface area contributed by atoms with Gasteiger partial charge in [-0.1, -0.05) is 38.1 Å². The van der Waals surface area contributed by atoms with Crippen LogP contribution in [0.5, 0.6) is 0 Å². The van der Waals surface area contributed by atoms with Crippen LogP contribution in [-0.2, 0) is 11.3 Å². The van der Waals surface area contributed by atoms with Crippen molar-refractivity contribution in [3.63, 3.8) is 0 Å². The minimum absolute atomic E-state index is 0.00612. The Labute approximate surface area is 203 Å². The molecule has 3 aromatic rings. The Balaban J connectivity index is 1.43. The van der Waals surface area contributed by atoms with Crippen LogP contribution in [0.4, 0.5) is 0 Å². The van der Waals surface area contributed by atoms with E-state index in [4.69, 9.17) is 0 Å². The predicted molar refractivity (Wildman–Crippen MR) is 131 cm³/mol. The zero-order chi connectivity index (χ0) is 24.2. The molecule has 1 aliphatic rings. The summed E-state index contributed by atoms with van der Waals surface area (Å²) in [4.78, 5) is 20.5. The van der Waals surface area contributed by atoms with Gasteiger partial charge in [0.15, 0.2) is 0 Å². The van der Waals surface area contributed by atoms with E-state index in [2.05, 4.69) is 20.5 Å². The van der Waals surface area contributed by atoms with E-state index in [1.54, 1.807) is 34.6 Å². The van der Waals surface area contributed by atoms with E-state index in [1.165, 1.54) is 0 Å². The van der Waals surface area contributed by atoms with Crippen LogP contribution in [0.3, 0.4) is 0 Å². The Morgan fingerprint density at radius 3 is 2.65 bits per heavy atom. The molecule has 0 aliphatic carbocycles. The van der Waals surface area contributed by atoms with Crippen molar-refractivity contribution < 1.29 is 15.0 Å². The molecule has 0 saturated carbocycles. The average molecular weight is 482 g/mol. The maximum absolute atomic E-state index is 13.5. The molecule has 1 unspecified atom stereocenters. The van der Waals surface area contributed by atoms with Gasteiger partial charge in [-0.05, 0) is 42.5 Å². The zero-order valence-corrected chi connectivity index (χ0v) is 20.4. The van der Waals surface area contributed by atoms with E-state index in [0.717, 1.165) is 21.7 Å². The van der Waals surface area contributed by atoms with Crippen molar-refractivity contribution >= 4 is 17.2 Å². The standard InChI is InChI=1S/C25H31N5O3S/c1-15(2)22(20-5-4-10-28-29-20)25(33)30-13-19(31)11-21(30)24(32)26-12-17-6-8-18(9-7-17)23-16(3)27-14-34-23/h4-10,14-15,19,21-22,24,26,31-32H,11-13H2,1-3H3/t19-,21+,22-,24?/m1/s1. The Kier molecular flexibility index (Phi) is 7.67. The molecule has 0 spiro atoms. The van der Waals surface area contributed by atoms with E-state index >= 15 is 0 Å². The van der Waals surface area contributed by atoms with E-state index in [-0.39, 0.29) is 18.4 Å². The maximum atomic E-state index is 13.5. The molecular weight excluding hydrogens is 450 g/mol.